The first-order valence-electron chi connectivity index (χ1n) is 3.71. The standard InChI is InChI=1S/C7H8BF3NO/c1-13-7-4-6(2-3-12-7)5-8(9,10)11/h2-4H,5H2,1H3/q-1. The van der Waals surface area contributed by atoms with Gasteiger partial charge in [-0.25, -0.2) is 4.98 Å². The first kappa shape index (κ1) is 9.89. The van der Waals surface area contributed by atoms with Crippen molar-refractivity contribution in [3.8, 4) is 5.88 Å². The van der Waals surface area contributed by atoms with Crippen LogP contribution in [-0.4, -0.2) is 19.1 Å². The van der Waals surface area contributed by atoms with Gasteiger partial charge in [0.1, 0.15) is 0 Å². The van der Waals surface area contributed by atoms with Crippen molar-refractivity contribution in [3.05, 3.63) is 23.9 Å². The first-order chi connectivity index (χ1) is 6.01. The van der Waals surface area contributed by atoms with Crippen molar-refractivity contribution < 1.29 is 17.7 Å². The first-order valence-corrected chi connectivity index (χ1v) is 3.71. The van der Waals surface area contributed by atoms with Gasteiger partial charge in [0.15, 0.2) is 0 Å². The predicted molar refractivity (Wildman–Crippen MR) is 43.6 cm³/mol. The van der Waals surface area contributed by atoms with Crippen LogP contribution in [0, 0.1) is 0 Å². The molecule has 0 aliphatic carbocycles. The van der Waals surface area contributed by atoms with Crippen LogP contribution in [0.3, 0.4) is 0 Å². The Bertz CT molecular complexity index is 289. The molecule has 0 amide bonds. The molecule has 0 saturated carbocycles. The molecule has 0 unspecified atom stereocenters. The third kappa shape index (κ3) is 3.35. The van der Waals surface area contributed by atoms with Crippen molar-refractivity contribution in [2.24, 2.45) is 0 Å². The lowest BCUT2D eigenvalue weighted by molar-refractivity contribution is 0.397. The quantitative estimate of drug-likeness (QED) is 0.680. The van der Waals surface area contributed by atoms with Crippen LogP contribution in [0.15, 0.2) is 18.3 Å². The maximum absolute atomic E-state index is 12.0. The summed E-state index contributed by atoms with van der Waals surface area (Å²) in [5, 5.41) is 0. The fourth-order valence-electron chi connectivity index (χ4n) is 0.956. The van der Waals surface area contributed by atoms with E-state index < -0.39 is 13.3 Å². The van der Waals surface area contributed by atoms with E-state index in [0.717, 1.165) is 0 Å². The van der Waals surface area contributed by atoms with Crippen LogP contribution < -0.4 is 4.74 Å². The molecule has 0 aliphatic rings. The number of ether oxygens (including phenoxy) is 1. The number of pyridine rings is 1. The molecule has 6 heteroatoms. The van der Waals surface area contributed by atoms with Gasteiger partial charge >= 0.3 is 6.98 Å². The molecular formula is C7H8BF3NO-. The molecule has 13 heavy (non-hydrogen) atoms. The van der Waals surface area contributed by atoms with Crippen LogP contribution in [-0.2, 0) is 6.32 Å². The van der Waals surface area contributed by atoms with Crippen molar-refractivity contribution in [2.45, 2.75) is 6.32 Å². The molecule has 0 N–H and O–H groups in total. The largest absolute Gasteiger partial charge is 0.482 e. The van der Waals surface area contributed by atoms with Gasteiger partial charge < -0.3 is 17.7 Å². The Morgan fingerprint density at radius 2 is 2.15 bits per heavy atom. The van der Waals surface area contributed by atoms with Crippen LogP contribution in [0.25, 0.3) is 0 Å². The summed E-state index contributed by atoms with van der Waals surface area (Å²) in [5.74, 6) is 0.206. The summed E-state index contributed by atoms with van der Waals surface area (Å²) < 4.78 is 40.6. The fourth-order valence-corrected chi connectivity index (χ4v) is 0.956. The normalized spacial score (nSPS) is 11.4. The van der Waals surface area contributed by atoms with Gasteiger partial charge in [0, 0.05) is 12.3 Å². The Kier molecular flexibility index (Phi) is 2.80. The number of hydrogen-bond acceptors (Lipinski definition) is 2. The average Bonchev–Trinajstić information content (AvgIpc) is 2.01. The van der Waals surface area contributed by atoms with E-state index in [-0.39, 0.29) is 11.4 Å². The zero-order valence-corrected chi connectivity index (χ0v) is 7.01. The molecule has 0 radical (unpaired) electrons. The van der Waals surface area contributed by atoms with Gasteiger partial charge in [-0.3, -0.25) is 0 Å². The van der Waals surface area contributed by atoms with E-state index in [4.69, 9.17) is 4.74 Å². The Labute approximate surface area is 73.8 Å². The van der Waals surface area contributed by atoms with E-state index in [9.17, 15) is 12.9 Å². The highest BCUT2D eigenvalue weighted by Crippen LogP contribution is 2.18. The van der Waals surface area contributed by atoms with E-state index >= 15 is 0 Å². The molecule has 1 aromatic rings. The van der Waals surface area contributed by atoms with Crippen LogP contribution in [0.1, 0.15) is 5.56 Å². The third-order valence-electron chi connectivity index (χ3n) is 1.48. The smallest absolute Gasteiger partial charge is 0.481 e. The number of aromatic nitrogens is 1. The highest BCUT2D eigenvalue weighted by molar-refractivity contribution is 6.57. The molecule has 0 atom stereocenters. The Morgan fingerprint density at radius 1 is 1.46 bits per heavy atom. The van der Waals surface area contributed by atoms with E-state index in [1.54, 1.807) is 0 Å². The van der Waals surface area contributed by atoms with Crippen molar-refractivity contribution >= 4 is 6.98 Å². The molecular weight excluding hydrogens is 182 g/mol. The zero-order chi connectivity index (χ0) is 9.90. The monoisotopic (exact) mass is 190 g/mol. The predicted octanol–water partition coefficient (Wildman–Crippen LogP) is 2.02. The maximum Gasteiger partial charge on any atom is 0.482 e. The van der Waals surface area contributed by atoms with Crippen LogP contribution in [0.5, 0.6) is 5.88 Å². The summed E-state index contributed by atoms with van der Waals surface area (Å²) in [4.78, 5) is 3.71. The summed E-state index contributed by atoms with van der Waals surface area (Å²) in [6.45, 7) is -4.79. The van der Waals surface area contributed by atoms with Gasteiger partial charge in [-0.1, -0.05) is 11.9 Å². The van der Waals surface area contributed by atoms with Crippen LogP contribution >= 0.6 is 0 Å². The highest BCUT2D eigenvalue weighted by atomic mass is 19.4. The van der Waals surface area contributed by atoms with Gasteiger partial charge in [0.2, 0.25) is 5.88 Å². The minimum atomic E-state index is -4.79. The second kappa shape index (κ2) is 3.68. The van der Waals surface area contributed by atoms with Crippen molar-refractivity contribution in [1.82, 2.24) is 4.98 Å². The number of halogens is 3. The molecule has 72 valence electrons. The molecule has 0 saturated heterocycles. The number of methoxy groups -OCH3 is 1. The molecule has 0 spiro atoms. The summed E-state index contributed by atoms with van der Waals surface area (Å²) in [6, 6.07) is 2.62. The van der Waals surface area contributed by atoms with E-state index in [1.807, 2.05) is 0 Å². The van der Waals surface area contributed by atoms with Gasteiger partial charge in [0.25, 0.3) is 0 Å². The highest BCUT2D eigenvalue weighted by Gasteiger charge is 2.23. The van der Waals surface area contributed by atoms with E-state index in [2.05, 4.69) is 4.98 Å². The Hall–Kier alpha value is -1.20. The minimum absolute atomic E-state index is 0.180. The van der Waals surface area contributed by atoms with Crippen LogP contribution in [0.4, 0.5) is 12.9 Å². The van der Waals surface area contributed by atoms with Gasteiger partial charge in [-0.15, -0.1) is 0 Å². The molecule has 2 nitrogen and oxygen atoms in total. The van der Waals surface area contributed by atoms with E-state index in [0.29, 0.717) is 0 Å². The van der Waals surface area contributed by atoms with Gasteiger partial charge in [-0.2, -0.15) is 0 Å². The third-order valence-corrected chi connectivity index (χ3v) is 1.48. The molecule has 1 aromatic heterocycles. The lowest BCUT2D eigenvalue weighted by atomic mass is 9.82. The van der Waals surface area contributed by atoms with Gasteiger partial charge in [0.05, 0.1) is 7.11 Å². The molecule has 0 aromatic carbocycles. The average molecular weight is 190 g/mol. The Morgan fingerprint density at radius 3 is 2.69 bits per heavy atom. The van der Waals surface area contributed by atoms with Crippen molar-refractivity contribution in [2.75, 3.05) is 7.11 Å². The van der Waals surface area contributed by atoms with Crippen LogP contribution in [0.2, 0.25) is 0 Å². The summed E-state index contributed by atoms with van der Waals surface area (Å²) >= 11 is 0. The van der Waals surface area contributed by atoms with E-state index in [1.165, 1.54) is 25.4 Å². The maximum atomic E-state index is 12.0. The lowest BCUT2D eigenvalue weighted by Gasteiger charge is -2.13. The molecule has 1 heterocycles. The van der Waals surface area contributed by atoms with Crippen molar-refractivity contribution in [1.29, 1.82) is 0 Å². The Balaban J connectivity index is 2.78. The summed E-state index contributed by atoms with van der Waals surface area (Å²) in [6.07, 6.45) is 0.412. The fraction of sp³-hybridized carbons (Fsp3) is 0.286. The molecule has 0 fully saturated rings. The number of hydrogen-bond donors (Lipinski definition) is 0. The lowest BCUT2D eigenvalue weighted by Crippen LogP contribution is -2.19. The molecule has 0 bridgehead atoms. The van der Waals surface area contributed by atoms with Gasteiger partial charge in [-0.05, 0) is 6.07 Å². The summed E-state index contributed by atoms with van der Waals surface area (Å²) in [7, 11) is 1.37. The second-order valence-electron chi connectivity index (χ2n) is 2.62. The van der Waals surface area contributed by atoms with Crippen molar-refractivity contribution in [3.63, 3.8) is 0 Å². The molecule has 1 rings (SSSR count). The molecule has 0 aliphatic heterocycles. The number of nitrogens with zero attached hydrogens (tertiary/aromatic N) is 1. The second-order valence-corrected chi connectivity index (χ2v) is 2.62. The SMILES string of the molecule is COc1cc(C[B-](F)(F)F)ccn1. The summed E-state index contributed by atoms with van der Waals surface area (Å²) in [5.41, 5.74) is 0.180. The zero-order valence-electron chi connectivity index (χ0n) is 7.01. The number of rotatable bonds is 3. The minimum Gasteiger partial charge on any atom is -0.481 e. The topological polar surface area (TPSA) is 22.1 Å².